The Morgan fingerprint density at radius 1 is 1.33 bits per heavy atom. The molecule has 0 amide bonds. The molecule has 1 aromatic carbocycles. The fourth-order valence-electron chi connectivity index (χ4n) is 3.72. The summed E-state index contributed by atoms with van der Waals surface area (Å²) in [6.45, 7) is 2.03. The Morgan fingerprint density at radius 3 is 2.95 bits per heavy atom. The van der Waals surface area contributed by atoms with Crippen molar-refractivity contribution in [1.82, 2.24) is 15.1 Å². The van der Waals surface area contributed by atoms with Gasteiger partial charge in [-0.2, -0.15) is 5.10 Å². The molecule has 21 heavy (non-hydrogen) atoms. The second-order valence-electron chi connectivity index (χ2n) is 6.35. The highest BCUT2D eigenvalue weighted by atomic mass is 16.3. The molecule has 0 spiro atoms. The van der Waals surface area contributed by atoms with Crippen LogP contribution in [0, 0.1) is 6.92 Å². The Hall–Kier alpha value is -1.65. The number of hydrogen-bond acceptors (Lipinski definition) is 3. The molecule has 1 saturated carbocycles. The van der Waals surface area contributed by atoms with Gasteiger partial charge in [-0.25, -0.2) is 0 Å². The van der Waals surface area contributed by atoms with E-state index >= 15 is 0 Å². The van der Waals surface area contributed by atoms with Crippen LogP contribution in [-0.4, -0.2) is 27.0 Å². The number of nitrogens with zero attached hydrogens (tertiary/aromatic N) is 2. The van der Waals surface area contributed by atoms with Gasteiger partial charge in [0.2, 0.25) is 0 Å². The molecule has 2 N–H and O–H groups in total. The van der Waals surface area contributed by atoms with Crippen molar-refractivity contribution in [2.24, 2.45) is 0 Å². The zero-order chi connectivity index (χ0) is 14.4. The molecule has 1 fully saturated rings. The lowest BCUT2D eigenvalue weighted by molar-refractivity contribution is -0.0117. The number of aromatic nitrogens is 2. The smallest absolute Gasteiger partial charge is 0.0932 e. The zero-order valence-electron chi connectivity index (χ0n) is 12.2. The van der Waals surface area contributed by atoms with Gasteiger partial charge in [0.05, 0.1) is 18.3 Å². The van der Waals surface area contributed by atoms with E-state index in [1.165, 1.54) is 11.1 Å². The molecule has 1 heterocycles. The maximum absolute atomic E-state index is 10.1. The second kappa shape index (κ2) is 4.97. The third-order valence-corrected chi connectivity index (χ3v) is 4.89. The molecule has 2 aromatic rings. The average molecular weight is 283 g/mol. The third kappa shape index (κ3) is 2.19. The molecule has 1 aromatic heterocycles. The highest BCUT2D eigenvalue weighted by molar-refractivity contribution is 5.34. The first kappa shape index (κ1) is 13.0. The van der Waals surface area contributed by atoms with Gasteiger partial charge in [-0.05, 0) is 42.9 Å². The minimum atomic E-state index is -0.293. The van der Waals surface area contributed by atoms with E-state index in [0.717, 1.165) is 24.8 Å². The van der Waals surface area contributed by atoms with Crippen LogP contribution in [0.4, 0.5) is 0 Å². The summed E-state index contributed by atoms with van der Waals surface area (Å²) in [5, 5.41) is 18.2. The molecule has 4 nitrogen and oxygen atoms in total. The van der Waals surface area contributed by atoms with Crippen molar-refractivity contribution >= 4 is 0 Å². The predicted molar refractivity (Wildman–Crippen MR) is 81.1 cm³/mol. The van der Waals surface area contributed by atoms with E-state index in [9.17, 15) is 5.11 Å². The zero-order valence-corrected chi connectivity index (χ0v) is 12.2. The van der Waals surface area contributed by atoms with Crippen LogP contribution in [0.15, 0.2) is 36.7 Å². The van der Waals surface area contributed by atoms with Crippen molar-refractivity contribution in [3.8, 4) is 0 Å². The second-order valence-corrected chi connectivity index (χ2v) is 6.35. The predicted octanol–water partition coefficient (Wildman–Crippen LogP) is 2.14. The molecule has 4 rings (SSSR count). The van der Waals surface area contributed by atoms with Gasteiger partial charge in [0.1, 0.15) is 0 Å². The summed E-state index contributed by atoms with van der Waals surface area (Å²) in [6, 6.07) is 9.45. The normalized spacial score (nSPS) is 31.0. The Balaban J connectivity index is 1.51. The first-order chi connectivity index (χ1) is 10.2. The van der Waals surface area contributed by atoms with Crippen LogP contribution < -0.4 is 5.32 Å². The number of nitrogens with one attached hydrogen (secondary N) is 1. The van der Waals surface area contributed by atoms with Crippen molar-refractivity contribution in [1.29, 1.82) is 0 Å². The van der Waals surface area contributed by atoms with Gasteiger partial charge in [-0.15, -0.1) is 0 Å². The monoisotopic (exact) mass is 283 g/mol. The Labute approximate surface area is 124 Å². The quantitative estimate of drug-likeness (QED) is 0.907. The van der Waals surface area contributed by atoms with E-state index in [0.29, 0.717) is 12.1 Å². The molecular formula is C17H21N3O. The van der Waals surface area contributed by atoms with Gasteiger partial charge < -0.3 is 10.4 Å². The van der Waals surface area contributed by atoms with Crippen LogP contribution in [-0.2, 0) is 6.42 Å². The summed E-state index contributed by atoms with van der Waals surface area (Å²) in [6.07, 6.45) is 6.68. The van der Waals surface area contributed by atoms with Crippen molar-refractivity contribution < 1.29 is 5.11 Å². The molecule has 4 heteroatoms. The van der Waals surface area contributed by atoms with Crippen LogP contribution in [0.2, 0.25) is 0 Å². The summed E-state index contributed by atoms with van der Waals surface area (Å²) in [5.74, 6) is 0. The Kier molecular flexibility index (Phi) is 3.08. The number of aliphatic hydroxyl groups is 1. The van der Waals surface area contributed by atoms with Crippen molar-refractivity contribution in [2.45, 2.75) is 50.4 Å². The van der Waals surface area contributed by atoms with E-state index in [4.69, 9.17) is 0 Å². The topological polar surface area (TPSA) is 50.1 Å². The largest absolute Gasteiger partial charge is 0.391 e. The lowest BCUT2D eigenvalue weighted by Crippen LogP contribution is -2.55. The number of rotatable bonds is 3. The standard InChI is InChI=1S/C17H21N3O/c1-11-9-18-20(10-11)17-15(8-16(17)21)19-14-7-6-12-4-2-3-5-13(12)14/h2-5,9-10,14-17,19,21H,6-8H2,1H3/t14?,15-,16+,17+/m0/s1. The van der Waals surface area contributed by atoms with E-state index in [2.05, 4.69) is 34.7 Å². The maximum Gasteiger partial charge on any atom is 0.0932 e. The fourth-order valence-corrected chi connectivity index (χ4v) is 3.72. The summed E-state index contributed by atoms with van der Waals surface area (Å²) in [4.78, 5) is 0. The molecular weight excluding hydrogens is 262 g/mol. The van der Waals surface area contributed by atoms with E-state index in [1.807, 2.05) is 24.0 Å². The first-order valence-corrected chi connectivity index (χ1v) is 7.75. The van der Waals surface area contributed by atoms with Gasteiger partial charge >= 0.3 is 0 Å². The third-order valence-electron chi connectivity index (χ3n) is 4.89. The van der Waals surface area contributed by atoms with Crippen LogP contribution >= 0.6 is 0 Å². The van der Waals surface area contributed by atoms with E-state index in [1.54, 1.807) is 0 Å². The summed E-state index contributed by atoms with van der Waals surface area (Å²) >= 11 is 0. The first-order valence-electron chi connectivity index (χ1n) is 7.75. The number of benzene rings is 1. The molecule has 0 aliphatic heterocycles. The lowest BCUT2D eigenvalue weighted by Gasteiger charge is -2.43. The molecule has 4 atom stereocenters. The molecule has 1 unspecified atom stereocenters. The van der Waals surface area contributed by atoms with Gasteiger partial charge in [0.25, 0.3) is 0 Å². The SMILES string of the molecule is Cc1cnn([C@H]2[C@H](O)C[C@@H]2NC2CCc3ccccc32)c1. The van der Waals surface area contributed by atoms with Gasteiger partial charge in [-0.3, -0.25) is 4.68 Å². The molecule has 0 bridgehead atoms. The molecule has 0 radical (unpaired) electrons. The Bertz CT molecular complexity index is 651. The minimum absolute atomic E-state index is 0.0615. The van der Waals surface area contributed by atoms with Gasteiger partial charge in [-0.1, -0.05) is 24.3 Å². The molecule has 110 valence electrons. The number of fused-ring (bicyclic) bond motifs is 1. The van der Waals surface area contributed by atoms with Crippen LogP contribution in [0.25, 0.3) is 0 Å². The fraction of sp³-hybridized carbons (Fsp3) is 0.471. The molecule has 2 aliphatic carbocycles. The lowest BCUT2D eigenvalue weighted by atomic mass is 9.82. The van der Waals surface area contributed by atoms with Crippen molar-refractivity contribution in [3.63, 3.8) is 0 Å². The van der Waals surface area contributed by atoms with E-state index < -0.39 is 0 Å². The molecule has 0 saturated heterocycles. The number of aryl methyl sites for hydroxylation is 2. The van der Waals surface area contributed by atoms with Crippen LogP contribution in [0.3, 0.4) is 0 Å². The highest BCUT2D eigenvalue weighted by Gasteiger charge is 2.43. The van der Waals surface area contributed by atoms with Gasteiger partial charge in [0.15, 0.2) is 0 Å². The summed E-state index contributed by atoms with van der Waals surface area (Å²) in [7, 11) is 0. The van der Waals surface area contributed by atoms with Crippen LogP contribution in [0.1, 0.15) is 41.6 Å². The Morgan fingerprint density at radius 2 is 2.19 bits per heavy atom. The van der Waals surface area contributed by atoms with Gasteiger partial charge in [0, 0.05) is 18.3 Å². The molecule has 2 aliphatic rings. The van der Waals surface area contributed by atoms with Crippen molar-refractivity contribution in [3.05, 3.63) is 53.3 Å². The summed E-state index contributed by atoms with van der Waals surface area (Å²) < 4.78 is 1.92. The number of hydrogen-bond donors (Lipinski definition) is 2. The average Bonchev–Trinajstić information content (AvgIpc) is 3.05. The van der Waals surface area contributed by atoms with E-state index in [-0.39, 0.29) is 12.1 Å². The van der Waals surface area contributed by atoms with Crippen molar-refractivity contribution in [2.75, 3.05) is 0 Å². The highest BCUT2D eigenvalue weighted by Crippen LogP contribution is 2.37. The minimum Gasteiger partial charge on any atom is -0.391 e. The summed E-state index contributed by atoms with van der Waals surface area (Å²) in [5.41, 5.74) is 4.02. The maximum atomic E-state index is 10.1. The number of aliphatic hydroxyl groups excluding tert-OH is 1. The van der Waals surface area contributed by atoms with Crippen LogP contribution in [0.5, 0.6) is 0 Å².